The molecule has 2 atom stereocenters. The Balaban J connectivity index is 1.82. The lowest BCUT2D eigenvalue weighted by molar-refractivity contribution is -0.156. The Bertz CT molecular complexity index is 271. The number of hydrogen-bond donors (Lipinski definition) is 0. The highest BCUT2D eigenvalue weighted by Crippen LogP contribution is 2.44. The molecule has 1 heterocycles. The van der Waals surface area contributed by atoms with E-state index in [0.717, 1.165) is 32.3 Å². The van der Waals surface area contributed by atoms with Crippen LogP contribution in [0.4, 0.5) is 0 Å². The highest BCUT2D eigenvalue weighted by Gasteiger charge is 2.44. The lowest BCUT2D eigenvalue weighted by Gasteiger charge is -2.47. The Morgan fingerprint density at radius 2 is 2.29 bits per heavy atom. The maximum Gasteiger partial charge on any atom is 0.136 e. The number of ketones is 1. The molecule has 0 aromatic carbocycles. The summed E-state index contributed by atoms with van der Waals surface area (Å²) in [6.45, 7) is 3.54. The fourth-order valence-electron chi connectivity index (χ4n) is 3.08. The van der Waals surface area contributed by atoms with Gasteiger partial charge in [0.15, 0.2) is 0 Å². The van der Waals surface area contributed by atoms with Gasteiger partial charge in [0.25, 0.3) is 0 Å². The largest absolute Gasteiger partial charge is 0.384 e. The molecule has 0 amide bonds. The summed E-state index contributed by atoms with van der Waals surface area (Å²) in [5, 5.41) is 0. The lowest BCUT2D eigenvalue weighted by atomic mass is 9.70. The second-order valence-corrected chi connectivity index (χ2v) is 5.81. The summed E-state index contributed by atoms with van der Waals surface area (Å²) < 4.78 is 10.9. The van der Waals surface area contributed by atoms with Crippen molar-refractivity contribution in [3.8, 4) is 0 Å². The molecule has 0 aromatic rings. The maximum atomic E-state index is 12.2. The Kier molecular flexibility index (Phi) is 4.21. The Labute approximate surface area is 104 Å². The van der Waals surface area contributed by atoms with Crippen LogP contribution in [-0.2, 0) is 14.3 Å². The molecule has 2 rings (SSSR count). The minimum Gasteiger partial charge on any atom is -0.384 e. The highest BCUT2D eigenvalue weighted by molar-refractivity contribution is 5.81. The van der Waals surface area contributed by atoms with Gasteiger partial charge in [-0.15, -0.1) is 0 Å². The number of carbonyl (C=O) groups is 1. The van der Waals surface area contributed by atoms with Crippen LogP contribution in [0.1, 0.15) is 45.4 Å². The molecule has 2 aliphatic rings. The topological polar surface area (TPSA) is 35.5 Å². The van der Waals surface area contributed by atoms with Crippen LogP contribution in [0.2, 0.25) is 0 Å². The highest BCUT2D eigenvalue weighted by atomic mass is 16.5. The van der Waals surface area contributed by atoms with E-state index < -0.39 is 0 Å². The van der Waals surface area contributed by atoms with E-state index in [-0.39, 0.29) is 11.5 Å². The zero-order valence-electron chi connectivity index (χ0n) is 11.0. The molecule has 0 N–H and O–H groups in total. The molecule has 2 fully saturated rings. The third-order valence-corrected chi connectivity index (χ3v) is 4.21. The van der Waals surface area contributed by atoms with Crippen molar-refractivity contribution in [2.24, 2.45) is 11.8 Å². The smallest absolute Gasteiger partial charge is 0.136 e. The van der Waals surface area contributed by atoms with Crippen LogP contribution in [-0.4, -0.2) is 31.7 Å². The van der Waals surface area contributed by atoms with Gasteiger partial charge in [0.05, 0.1) is 5.60 Å². The normalized spacial score (nSPS) is 28.7. The molecule has 17 heavy (non-hydrogen) atoms. The Morgan fingerprint density at radius 3 is 2.88 bits per heavy atom. The fraction of sp³-hybridized carbons (Fsp3) is 0.929. The summed E-state index contributed by atoms with van der Waals surface area (Å²) in [5.74, 6) is 1.00. The second kappa shape index (κ2) is 5.49. The number of ether oxygens (including phenoxy) is 2. The van der Waals surface area contributed by atoms with Crippen molar-refractivity contribution in [3.63, 3.8) is 0 Å². The van der Waals surface area contributed by atoms with Crippen LogP contribution in [0.5, 0.6) is 0 Å². The zero-order chi connectivity index (χ0) is 12.3. The van der Waals surface area contributed by atoms with Gasteiger partial charge >= 0.3 is 0 Å². The summed E-state index contributed by atoms with van der Waals surface area (Å²) in [6, 6.07) is 0. The molecule has 1 saturated heterocycles. The molecular formula is C14H24O3. The standard InChI is InChI=1S/C14H24O3/c1-11(10-16-2)8-13(15)12-4-7-17-14(9-12)5-3-6-14/h11-12H,3-10H2,1-2H3. The number of Topliss-reactive ketones (excluding diaryl/α,β-unsaturated/α-hetero) is 1. The monoisotopic (exact) mass is 240 g/mol. The number of hydrogen-bond acceptors (Lipinski definition) is 3. The van der Waals surface area contributed by atoms with Gasteiger partial charge in [-0.25, -0.2) is 0 Å². The van der Waals surface area contributed by atoms with E-state index in [1.165, 1.54) is 6.42 Å². The number of carbonyl (C=O) groups excluding carboxylic acids is 1. The van der Waals surface area contributed by atoms with Gasteiger partial charge in [-0.3, -0.25) is 4.79 Å². The molecule has 3 nitrogen and oxygen atoms in total. The molecule has 3 heteroatoms. The average molecular weight is 240 g/mol. The second-order valence-electron chi connectivity index (χ2n) is 5.81. The van der Waals surface area contributed by atoms with Crippen molar-refractivity contribution < 1.29 is 14.3 Å². The van der Waals surface area contributed by atoms with Crippen molar-refractivity contribution in [2.45, 2.75) is 51.0 Å². The summed E-state index contributed by atoms with van der Waals surface area (Å²) >= 11 is 0. The summed E-state index contributed by atoms with van der Waals surface area (Å²) in [5.41, 5.74) is 0.0864. The summed E-state index contributed by atoms with van der Waals surface area (Å²) in [4.78, 5) is 12.2. The van der Waals surface area contributed by atoms with Crippen LogP contribution in [0.15, 0.2) is 0 Å². The van der Waals surface area contributed by atoms with Gasteiger partial charge in [0, 0.05) is 32.7 Å². The lowest BCUT2D eigenvalue weighted by Crippen LogP contribution is -2.47. The van der Waals surface area contributed by atoms with Crippen molar-refractivity contribution >= 4 is 5.78 Å². The van der Waals surface area contributed by atoms with Gasteiger partial charge in [-0.05, 0) is 38.0 Å². The first-order chi connectivity index (χ1) is 8.15. The van der Waals surface area contributed by atoms with Crippen LogP contribution in [0.25, 0.3) is 0 Å². The molecule has 98 valence electrons. The Hall–Kier alpha value is -0.410. The maximum absolute atomic E-state index is 12.2. The first kappa shape index (κ1) is 13.0. The molecule has 0 radical (unpaired) electrons. The van der Waals surface area contributed by atoms with Crippen LogP contribution in [0.3, 0.4) is 0 Å². The predicted octanol–water partition coefficient (Wildman–Crippen LogP) is 2.58. The molecule has 2 unspecified atom stereocenters. The van der Waals surface area contributed by atoms with Gasteiger partial charge in [-0.1, -0.05) is 6.92 Å². The van der Waals surface area contributed by atoms with E-state index >= 15 is 0 Å². The van der Waals surface area contributed by atoms with E-state index in [4.69, 9.17) is 9.47 Å². The molecule has 1 aliphatic heterocycles. The van der Waals surface area contributed by atoms with Crippen molar-refractivity contribution in [2.75, 3.05) is 20.3 Å². The predicted molar refractivity (Wildman–Crippen MR) is 65.9 cm³/mol. The number of rotatable bonds is 5. The van der Waals surface area contributed by atoms with Gasteiger partial charge in [0.2, 0.25) is 0 Å². The van der Waals surface area contributed by atoms with Gasteiger partial charge in [-0.2, -0.15) is 0 Å². The molecule has 0 bridgehead atoms. The molecule has 1 spiro atoms. The summed E-state index contributed by atoms with van der Waals surface area (Å²) in [6.07, 6.45) is 6.12. The van der Waals surface area contributed by atoms with Crippen LogP contribution in [0, 0.1) is 11.8 Å². The van der Waals surface area contributed by atoms with Gasteiger partial charge in [0.1, 0.15) is 5.78 Å². The average Bonchev–Trinajstić information content (AvgIpc) is 2.27. The molecule has 1 saturated carbocycles. The quantitative estimate of drug-likeness (QED) is 0.741. The third-order valence-electron chi connectivity index (χ3n) is 4.21. The van der Waals surface area contributed by atoms with E-state index in [0.29, 0.717) is 24.7 Å². The van der Waals surface area contributed by atoms with E-state index in [2.05, 4.69) is 6.92 Å². The van der Waals surface area contributed by atoms with E-state index in [9.17, 15) is 4.79 Å². The minimum atomic E-state index is 0.0864. The van der Waals surface area contributed by atoms with Crippen LogP contribution >= 0.6 is 0 Å². The Morgan fingerprint density at radius 1 is 1.53 bits per heavy atom. The first-order valence-corrected chi connectivity index (χ1v) is 6.81. The molecule has 1 aliphatic carbocycles. The third kappa shape index (κ3) is 3.08. The summed E-state index contributed by atoms with van der Waals surface area (Å²) in [7, 11) is 1.69. The van der Waals surface area contributed by atoms with E-state index in [1.807, 2.05) is 0 Å². The van der Waals surface area contributed by atoms with Crippen molar-refractivity contribution in [1.29, 1.82) is 0 Å². The SMILES string of the molecule is COCC(C)CC(=O)C1CCOC2(CCC2)C1. The zero-order valence-corrected chi connectivity index (χ0v) is 11.0. The van der Waals surface area contributed by atoms with Crippen LogP contribution < -0.4 is 0 Å². The minimum absolute atomic E-state index is 0.0864. The van der Waals surface area contributed by atoms with Gasteiger partial charge < -0.3 is 9.47 Å². The van der Waals surface area contributed by atoms with Crippen molar-refractivity contribution in [3.05, 3.63) is 0 Å². The fourth-order valence-corrected chi connectivity index (χ4v) is 3.08. The molecular weight excluding hydrogens is 216 g/mol. The van der Waals surface area contributed by atoms with Crippen molar-refractivity contribution in [1.82, 2.24) is 0 Å². The molecule has 0 aromatic heterocycles. The first-order valence-electron chi connectivity index (χ1n) is 6.81. The van der Waals surface area contributed by atoms with E-state index in [1.54, 1.807) is 7.11 Å². The number of methoxy groups -OCH3 is 1.